The fraction of sp³-hybridized carbons (Fsp3) is 0.643. The quantitative estimate of drug-likeness (QED) is 0.821. The van der Waals surface area contributed by atoms with Crippen LogP contribution in [0.15, 0.2) is 17.5 Å². The first kappa shape index (κ1) is 15.4. The molecular weight excluding hydrogens is 276 g/mol. The van der Waals surface area contributed by atoms with Crippen molar-refractivity contribution < 1.29 is 14.6 Å². The second-order valence-electron chi connectivity index (χ2n) is 4.91. The molecule has 0 aromatic carbocycles. The Kier molecular flexibility index (Phi) is 5.54. The van der Waals surface area contributed by atoms with Crippen molar-refractivity contribution in [1.82, 2.24) is 10.2 Å². The van der Waals surface area contributed by atoms with Crippen LogP contribution in [0.3, 0.4) is 0 Å². The van der Waals surface area contributed by atoms with E-state index in [1.54, 1.807) is 6.07 Å². The summed E-state index contributed by atoms with van der Waals surface area (Å²) >= 11 is 1.39. The topological polar surface area (TPSA) is 61.8 Å². The predicted molar refractivity (Wildman–Crippen MR) is 79.1 cm³/mol. The normalized spacial score (nSPS) is 26.1. The van der Waals surface area contributed by atoms with E-state index in [0.717, 1.165) is 13.1 Å². The number of carbonyl (C=O) groups is 1. The third kappa shape index (κ3) is 3.58. The van der Waals surface area contributed by atoms with Crippen LogP contribution in [0.25, 0.3) is 0 Å². The summed E-state index contributed by atoms with van der Waals surface area (Å²) in [5.41, 5.74) is 0. The Morgan fingerprint density at radius 2 is 2.30 bits per heavy atom. The molecule has 1 saturated heterocycles. The molecule has 2 heterocycles. The van der Waals surface area contributed by atoms with E-state index < -0.39 is 6.10 Å². The van der Waals surface area contributed by atoms with Gasteiger partial charge in [0.05, 0.1) is 23.6 Å². The highest BCUT2D eigenvalue weighted by molar-refractivity contribution is 7.12. The molecule has 20 heavy (non-hydrogen) atoms. The first-order valence-electron chi connectivity index (χ1n) is 7.02. The van der Waals surface area contributed by atoms with E-state index in [1.807, 2.05) is 11.4 Å². The van der Waals surface area contributed by atoms with E-state index in [0.29, 0.717) is 18.0 Å². The second-order valence-corrected chi connectivity index (χ2v) is 5.85. The van der Waals surface area contributed by atoms with Crippen LogP contribution in [-0.2, 0) is 4.74 Å². The summed E-state index contributed by atoms with van der Waals surface area (Å²) in [6.45, 7) is 7.08. The Bertz CT molecular complexity index is 420. The standard InChI is InChI=1S/C14H22N2O3S/c1-3-16(4-2)8-11-13(17)10(9-19-11)15-14(18)12-6-5-7-20-12/h5-7,10-11,13,17H,3-4,8-9H2,1-2H3,(H,15,18)/t10?,11-,13+/m0/s1. The van der Waals surface area contributed by atoms with Gasteiger partial charge in [0.1, 0.15) is 6.10 Å². The highest BCUT2D eigenvalue weighted by Gasteiger charge is 2.37. The van der Waals surface area contributed by atoms with Crippen LogP contribution < -0.4 is 5.32 Å². The molecule has 0 bridgehead atoms. The molecule has 1 aliphatic heterocycles. The van der Waals surface area contributed by atoms with Gasteiger partial charge in [-0.3, -0.25) is 4.79 Å². The Balaban J connectivity index is 1.87. The number of hydrogen-bond acceptors (Lipinski definition) is 5. The van der Waals surface area contributed by atoms with Crippen LogP contribution in [0, 0.1) is 0 Å². The van der Waals surface area contributed by atoms with E-state index in [2.05, 4.69) is 24.1 Å². The zero-order chi connectivity index (χ0) is 14.5. The zero-order valence-electron chi connectivity index (χ0n) is 11.9. The number of nitrogens with one attached hydrogen (secondary N) is 1. The molecule has 1 aromatic rings. The third-order valence-corrected chi connectivity index (χ3v) is 4.55. The van der Waals surface area contributed by atoms with Crippen molar-refractivity contribution in [3.8, 4) is 0 Å². The molecule has 1 aromatic heterocycles. The molecular formula is C14H22N2O3S. The van der Waals surface area contributed by atoms with E-state index in [4.69, 9.17) is 4.74 Å². The maximum atomic E-state index is 12.0. The summed E-state index contributed by atoms with van der Waals surface area (Å²) in [5.74, 6) is -0.142. The van der Waals surface area contributed by atoms with Gasteiger partial charge in [-0.15, -0.1) is 11.3 Å². The van der Waals surface area contributed by atoms with Crippen molar-refractivity contribution in [3.63, 3.8) is 0 Å². The molecule has 1 fully saturated rings. The van der Waals surface area contributed by atoms with Crippen LogP contribution in [-0.4, -0.2) is 60.4 Å². The molecule has 1 amide bonds. The first-order valence-corrected chi connectivity index (χ1v) is 7.90. The molecule has 0 saturated carbocycles. The van der Waals surface area contributed by atoms with E-state index in [1.165, 1.54) is 11.3 Å². The molecule has 3 atom stereocenters. The zero-order valence-corrected chi connectivity index (χ0v) is 12.7. The van der Waals surface area contributed by atoms with Gasteiger partial charge >= 0.3 is 0 Å². The maximum absolute atomic E-state index is 12.0. The number of aliphatic hydroxyl groups excluding tert-OH is 1. The number of likely N-dealkylation sites (N-methyl/N-ethyl adjacent to an activating group) is 1. The SMILES string of the molecule is CCN(CC)C[C@@H]1OCC(NC(=O)c2cccs2)[C@H]1O. The Morgan fingerprint density at radius 3 is 2.90 bits per heavy atom. The number of nitrogens with zero attached hydrogens (tertiary/aromatic N) is 1. The van der Waals surface area contributed by atoms with Gasteiger partial charge in [0.25, 0.3) is 5.91 Å². The minimum absolute atomic E-state index is 0.142. The molecule has 6 heteroatoms. The van der Waals surface area contributed by atoms with Crippen LogP contribution in [0.2, 0.25) is 0 Å². The van der Waals surface area contributed by atoms with Crippen molar-refractivity contribution in [3.05, 3.63) is 22.4 Å². The van der Waals surface area contributed by atoms with Gasteiger partial charge in [-0.2, -0.15) is 0 Å². The molecule has 2 rings (SSSR count). The molecule has 112 valence electrons. The molecule has 0 aliphatic carbocycles. The number of aliphatic hydroxyl groups is 1. The summed E-state index contributed by atoms with van der Waals surface area (Å²) in [6, 6.07) is 3.28. The Hall–Kier alpha value is -0.950. The number of thiophene rings is 1. The van der Waals surface area contributed by atoms with Crippen molar-refractivity contribution in [2.24, 2.45) is 0 Å². The number of carbonyl (C=O) groups excluding carboxylic acids is 1. The van der Waals surface area contributed by atoms with E-state index in [9.17, 15) is 9.90 Å². The fourth-order valence-corrected chi connectivity index (χ4v) is 2.98. The summed E-state index contributed by atoms with van der Waals surface area (Å²) in [7, 11) is 0. The lowest BCUT2D eigenvalue weighted by atomic mass is 10.1. The van der Waals surface area contributed by atoms with Crippen LogP contribution in [0.1, 0.15) is 23.5 Å². The number of rotatable bonds is 6. The van der Waals surface area contributed by atoms with Crippen molar-refractivity contribution in [2.75, 3.05) is 26.2 Å². The smallest absolute Gasteiger partial charge is 0.261 e. The van der Waals surface area contributed by atoms with Gasteiger partial charge in [0, 0.05) is 6.54 Å². The van der Waals surface area contributed by atoms with Gasteiger partial charge in [0.15, 0.2) is 0 Å². The van der Waals surface area contributed by atoms with Crippen LogP contribution >= 0.6 is 11.3 Å². The Labute approximate surface area is 123 Å². The largest absolute Gasteiger partial charge is 0.388 e. The lowest BCUT2D eigenvalue weighted by molar-refractivity contribution is 0.0171. The van der Waals surface area contributed by atoms with Crippen molar-refractivity contribution >= 4 is 17.2 Å². The lowest BCUT2D eigenvalue weighted by Gasteiger charge is -2.24. The van der Waals surface area contributed by atoms with E-state index >= 15 is 0 Å². The summed E-state index contributed by atoms with van der Waals surface area (Å²) in [5, 5.41) is 15.0. The Morgan fingerprint density at radius 1 is 1.55 bits per heavy atom. The fourth-order valence-electron chi connectivity index (χ4n) is 2.35. The highest BCUT2D eigenvalue weighted by Crippen LogP contribution is 2.17. The maximum Gasteiger partial charge on any atom is 0.261 e. The molecule has 2 N–H and O–H groups in total. The summed E-state index contributed by atoms with van der Waals surface area (Å²) in [6.07, 6.45) is -0.886. The summed E-state index contributed by atoms with van der Waals surface area (Å²) < 4.78 is 5.63. The molecule has 1 aliphatic rings. The number of amides is 1. The highest BCUT2D eigenvalue weighted by atomic mass is 32.1. The third-order valence-electron chi connectivity index (χ3n) is 3.68. The minimum Gasteiger partial charge on any atom is -0.388 e. The van der Waals surface area contributed by atoms with Gasteiger partial charge in [0.2, 0.25) is 0 Å². The van der Waals surface area contributed by atoms with Gasteiger partial charge in [-0.25, -0.2) is 0 Å². The first-order chi connectivity index (χ1) is 9.65. The molecule has 0 spiro atoms. The number of ether oxygens (including phenoxy) is 1. The van der Waals surface area contributed by atoms with Gasteiger partial charge < -0.3 is 20.1 Å². The minimum atomic E-state index is -0.653. The monoisotopic (exact) mass is 298 g/mol. The average molecular weight is 298 g/mol. The molecule has 5 nitrogen and oxygen atoms in total. The number of hydrogen-bond donors (Lipinski definition) is 2. The van der Waals surface area contributed by atoms with E-state index in [-0.39, 0.29) is 18.1 Å². The summed E-state index contributed by atoms with van der Waals surface area (Å²) in [4.78, 5) is 14.8. The predicted octanol–water partition coefficient (Wildman–Crippen LogP) is 0.948. The molecule has 1 unspecified atom stereocenters. The average Bonchev–Trinajstić information content (AvgIpc) is 3.09. The van der Waals surface area contributed by atoms with Crippen molar-refractivity contribution in [1.29, 1.82) is 0 Å². The van der Waals surface area contributed by atoms with Gasteiger partial charge in [-0.1, -0.05) is 19.9 Å². The van der Waals surface area contributed by atoms with Crippen LogP contribution in [0.5, 0.6) is 0 Å². The van der Waals surface area contributed by atoms with Crippen LogP contribution in [0.4, 0.5) is 0 Å². The van der Waals surface area contributed by atoms with Crippen molar-refractivity contribution in [2.45, 2.75) is 32.1 Å². The second kappa shape index (κ2) is 7.17. The lowest BCUT2D eigenvalue weighted by Crippen LogP contribution is -2.46. The molecule has 0 radical (unpaired) electrons. The van der Waals surface area contributed by atoms with Gasteiger partial charge in [-0.05, 0) is 24.5 Å².